The van der Waals surface area contributed by atoms with Crippen molar-refractivity contribution in [2.75, 3.05) is 32.1 Å². The summed E-state index contributed by atoms with van der Waals surface area (Å²) in [5.41, 5.74) is 0.689. The van der Waals surface area contributed by atoms with Crippen LogP contribution < -0.4 is 10.1 Å². The smallest absolute Gasteiger partial charge is 0.225 e. The summed E-state index contributed by atoms with van der Waals surface area (Å²) < 4.78 is 5.16. The van der Waals surface area contributed by atoms with Gasteiger partial charge in [-0.2, -0.15) is 0 Å². The quantitative estimate of drug-likeness (QED) is 0.807. The summed E-state index contributed by atoms with van der Waals surface area (Å²) in [6.07, 6.45) is 0.201. The molecular weight excluding hydrogens is 232 g/mol. The van der Waals surface area contributed by atoms with E-state index in [9.17, 15) is 4.79 Å². The fourth-order valence-corrected chi connectivity index (χ4v) is 1.95. The first-order chi connectivity index (χ1) is 8.69. The maximum absolute atomic E-state index is 11.8. The van der Waals surface area contributed by atoms with E-state index in [1.807, 2.05) is 23.1 Å². The van der Waals surface area contributed by atoms with Crippen LogP contribution in [0.3, 0.4) is 0 Å². The molecule has 0 spiro atoms. The lowest BCUT2D eigenvalue weighted by Crippen LogP contribution is -2.51. The van der Waals surface area contributed by atoms with E-state index in [4.69, 9.17) is 9.84 Å². The molecule has 0 atom stereocenters. The Morgan fingerprint density at radius 2 is 2.22 bits per heavy atom. The number of amides is 1. The van der Waals surface area contributed by atoms with Gasteiger partial charge in [0, 0.05) is 26.1 Å². The summed E-state index contributed by atoms with van der Waals surface area (Å²) in [5, 5.41) is 12.0. The molecule has 1 aromatic rings. The second-order valence-electron chi connectivity index (χ2n) is 4.41. The Kier molecular flexibility index (Phi) is 4.17. The van der Waals surface area contributed by atoms with E-state index in [0.717, 1.165) is 0 Å². The summed E-state index contributed by atoms with van der Waals surface area (Å²) in [7, 11) is 1.58. The number of hydrogen-bond donors (Lipinski definition) is 2. The Morgan fingerprint density at radius 3 is 2.89 bits per heavy atom. The van der Waals surface area contributed by atoms with Crippen molar-refractivity contribution >= 4 is 11.6 Å². The lowest BCUT2D eigenvalue weighted by molar-refractivity contribution is -0.117. The summed E-state index contributed by atoms with van der Waals surface area (Å²) in [6.45, 7) is 2.02. The van der Waals surface area contributed by atoms with Crippen LogP contribution in [0.4, 0.5) is 5.69 Å². The molecule has 0 saturated carbocycles. The van der Waals surface area contributed by atoms with Gasteiger partial charge in [0.2, 0.25) is 5.91 Å². The molecule has 2 N–H and O–H groups in total. The zero-order valence-corrected chi connectivity index (χ0v) is 10.4. The van der Waals surface area contributed by atoms with Crippen LogP contribution in [0.5, 0.6) is 5.75 Å². The number of benzene rings is 1. The van der Waals surface area contributed by atoms with Crippen molar-refractivity contribution in [1.29, 1.82) is 0 Å². The van der Waals surface area contributed by atoms with Gasteiger partial charge in [0.1, 0.15) is 5.75 Å². The van der Waals surface area contributed by atoms with Gasteiger partial charge in [-0.3, -0.25) is 9.69 Å². The number of ether oxygens (including phenoxy) is 1. The molecule has 1 aliphatic heterocycles. The van der Waals surface area contributed by atoms with E-state index in [2.05, 4.69) is 5.32 Å². The van der Waals surface area contributed by atoms with Crippen LogP contribution in [0, 0.1) is 0 Å². The first-order valence-electron chi connectivity index (χ1n) is 6.02. The van der Waals surface area contributed by atoms with Gasteiger partial charge in [0.25, 0.3) is 0 Å². The first-order valence-corrected chi connectivity index (χ1v) is 6.02. The van der Waals surface area contributed by atoms with Gasteiger partial charge in [0.15, 0.2) is 0 Å². The minimum atomic E-state index is -0.220. The third kappa shape index (κ3) is 3.21. The minimum absolute atomic E-state index is 0.0408. The van der Waals surface area contributed by atoms with Crippen LogP contribution in [0.1, 0.15) is 6.42 Å². The van der Waals surface area contributed by atoms with E-state index in [1.165, 1.54) is 0 Å². The van der Waals surface area contributed by atoms with Crippen LogP contribution in [-0.2, 0) is 4.79 Å². The average Bonchev–Trinajstić information content (AvgIpc) is 2.34. The van der Waals surface area contributed by atoms with E-state index < -0.39 is 0 Å². The van der Waals surface area contributed by atoms with Crippen LogP contribution in [0.25, 0.3) is 0 Å². The Bertz CT molecular complexity index is 416. The van der Waals surface area contributed by atoms with Crippen LogP contribution in [0.15, 0.2) is 24.3 Å². The summed E-state index contributed by atoms with van der Waals surface area (Å²) in [6, 6.07) is 7.32. The van der Waals surface area contributed by atoms with Gasteiger partial charge in [-0.25, -0.2) is 0 Å². The number of β-amino-alcohol motifs (C(OH)–C–C–N with tert-alkyl or cyclic N) is 1. The van der Waals surface area contributed by atoms with Gasteiger partial charge in [-0.1, -0.05) is 12.1 Å². The molecule has 0 aromatic heterocycles. The molecule has 0 radical (unpaired) electrons. The molecule has 1 fully saturated rings. The maximum atomic E-state index is 11.8. The fraction of sp³-hybridized carbons (Fsp3) is 0.462. The monoisotopic (exact) mass is 250 g/mol. The molecule has 5 heteroatoms. The standard InChI is InChI=1S/C13H18N2O3/c1-18-12-5-3-2-4-11(12)14-13(17)6-7-15-8-10(16)9-15/h2-5,10,16H,6-9H2,1H3,(H,14,17). The van der Waals surface area contributed by atoms with E-state index in [-0.39, 0.29) is 12.0 Å². The number of carbonyl (C=O) groups is 1. The first kappa shape index (κ1) is 12.9. The number of para-hydroxylation sites is 2. The summed E-state index contributed by atoms with van der Waals surface area (Å²) in [5.74, 6) is 0.617. The SMILES string of the molecule is COc1ccccc1NC(=O)CCN1CC(O)C1. The van der Waals surface area contributed by atoms with Crippen molar-refractivity contribution in [3.63, 3.8) is 0 Å². The molecule has 1 saturated heterocycles. The number of nitrogens with zero attached hydrogens (tertiary/aromatic N) is 1. The normalized spacial score (nSPS) is 16.1. The predicted octanol–water partition coefficient (Wildman–Crippen LogP) is 0.700. The number of likely N-dealkylation sites (tertiary alicyclic amines) is 1. The van der Waals surface area contributed by atoms with Crippen molar-refractivity contribution in [2.24, 2.45) is 0 Å². The Hall–Kier alpha value is -1.59. The number of methoxy groups -OCH3 is 1. The zero-order valence-electron chi connectivity index (χ0n) is 10.4. The van der Waals surface area contributed by atoms with Crippen molar-refractivity contribution in [3.05, 3.63) is 24.3 Å². The number of rotatable bonds is 5. The largest absolute Gasteiger partial charge is 0.495 e. The molecule has 98 valence electrons. The van der Waals surface area contributed by atoms with E-state index in [0.29, 0.717) is 37.5 Å². The predicted molar refractivity (Wildman–Crippen MR) is 68.7 cm³/mol. The Morgan fingerprint density at radius 1 is 1.50 bits per heavy atom. The third-order valence-corrected chi connectivity index (χ3v) is 2.97. The van der Waals surface area contributed by atoms with Gasteiger partial charge in [-0.05, 0) is 12.1 Å². The second kappa shape index (κ2) is 5.84. The van der Waals surface area contributed by atoms with Crippen LogP contribution in [0.2, 0.25) is 0 Å². The molecular formula is C13H18N2O3. The van der Waals surface area contributed by atoms with Crippen LogP contribution in [-0.4, -0.2) is 48.8 Å². The third-order valence-electron chi connectivity index (χ3n) is 2.97. The summed E-state index contributed by atoms with van der Waals surface area (Å²) >= 11 is 0. The molecule has 0 bridgehead atoms. The van der Waals surface area contributed by atoms with E-state index >= 15 is 0 Å². The number of aliphatic hydroxyl groups excluding tert-OH is 1. The topological polar surface area (TPSA) is 61.8 Å². The second-order valence-corrected chi connectivity index (χ2v) is 4.41. The van der Waals surface area contributed by atoms with E-state index in [1.54, 1.807) is 13.2 Å². The summed E-state index contributed by atoms with van der Waals surface area (Å²) in [4.78, 5) is 13.8. The highest BCUT2D eigenvalue weighted by molar-refractivity contribution is 5.92. The maximum Gasteiger partial charge on any atom is 0.225 e. The average molecular weight is 250 g/mol. The fourth-order valence-electron chi connectivity index (χ4n) is 1.95. The number of nitrogens with one attached hydrogen (secondary N) is 1. The van der Waals surface area contributed by atoms with Gasteiger partial charge >= 0.3 is 0 Å². The van der Waals surface area contributed by atoms with Crippen LogP contribution >= 0.6 is 0 Å². The molecule has 1 aliphatic rings. The zero-order chi connectivity index (χ0) is 13.0. The molecule has 1 amide bonds. The number of carbonyl (C=O) groups excluding carboxylic acids is 1. The number of aliphatic hydroxyl groups is 1. The Labute approximate surface area is 106 Å². The van der Waals surface area contributed by atoms with Crippen molar-refractivity contribution in [2.45, 2.75) is 12.5 Å². The molecule has 0 aliphatic carbocycles. The van der Waals surface area contributed by atoms with Gasteiger partial charge < -0.3 is 15.2 Å². The number of anilines is 1. The molecule has 0 unspecified atom stereocenters. The van der Waals surface area contributed by atoms with Crippen molar-refractivity contribution in [1.82, 2.24) is 4.90 Å². The lowest BCUT2D eigenvalue weighted by Gasteiger charge is -2.35. The van der Waals surface area contributed by atoms with Gasteiger partial charge in [0.05, 0.1) is 18.9 Å². The molecule has 5 nitrogen and oxygen atoms in total. The van der Waals surface area contributed by atoms with Crippen molar-refractivity contribution < 1.29 is 14.6 Å². The molecule has 1 aromatic carbocycles. The lowest BCUT2D eigenvalue weighted by atomic mass is 10.1. The minimum Gasteiger partial charge on any atom is -0.495 e. The molecule has 18 heavy (non-hydrogen) atoms. The molecule has 1 heterocycles. The van der Waals surface area contributed by atoms with Crippen molar-refractivity contribution in [3.8, 4) is 5.75 Å². The highest BCUT2D eigenvalue weighted by atomic mass is 16.5. The highest BCUT2D eigenvalue weighted by Crippen LogP contribution is 2.23. The Balaban J connectivity index is 1.79. The van der Waals surface area contributed by atoms with Gasteiger partial charge in [-0.15, -0.1) is 0 Å². The molecule has 2 rings (SSSR count). The number of hydrogen-bond acceptors (Lipinski definition) is 4. The highest BCUT2D eigenvalue weighted by Gasteiger charge is 2.24.